The van der Waals surface area contributed by atoms with Gasteiger partial charge in [0.05, 0.1) is 6.54 Å². The van der Waals surface area contributed by atoms with Crippen LogP contribution in [-0.2, 0) is 16.1 Å². The number of benzene rings is 1. The standard InChI is InChI=1S/C22H29N3O3S/c26-21(24-28)3-1-2-17-8-11-25(12-9-17)15-22(27)23-14-18-4-6-19(7-5-18)20-10-13-29-16-20/h4-7,10,13,16-17,28H,1-3,8-9,11-12,14-15H2,(H,23,27)(H,24,26). The maximum Gasteiger partial charge on any atom is 0.243 e. The molecule has 0 atom stereocenters. The highest BCUT2D eigenvalue weighted by Crippen LogP contribution is 2.23. The first-order valence-electron chi connectivity index (χ1n) is 10.2. The molecule has 0 saturated carbocycles. The van der Waals surface area contributed by atoms with Crippen LogP contribution in [0.15, 0.2) is 41.1 Å². The Kier molecular flexibility index (Phi) is 8.22. The number of piperidine rings is 1. The van der Waals surface area contributed by atoms with E-state index < -0.39 is 0 Å². The predicted molar refractivity (Wildman–Crippen MR) is 115 cm³/mol. The lowest BCUT2D eigenvalue weighted by atomic mass is 9.91. The number of carbonyl (C=O) groups is 2. The lowest BCUT2D eigenvalue weighted by Crippen LogP contribution is -2.41. The first kappa shape index (κ1) is 21.5. The molecule has 0 bridgehead atoms. The maximum atomic E-state index is 12.3. The van der Waals surface area contributed by atoms with Crippen molar-refractivity contribution in [2.75, 3.05) is 19.6 Å². The molecule has 0 spiro atoms. The highest BCUT2D eigenvalue weighted by Gasteiger charge is 2.20. The van der Waals surface area contributed by atoms with Gasteiger partial charge in [0, 0.05) is 13.0 Å². The molecule has 1 aliphatic rings. The summed E-state index contributed by atoms with van der Waals surface area (Å²) in [5, 5.41) is 15.7. The van der Waals surface area contributed by atoms with Gasteiger partial charge in [-0.3, -0.25) is 19.7 Å². The molecule has 29 heavy (non-hydrogen) atoms. The number of rotatable bonds is 9. The van der Waals surface area contributed by atoms with Crippen molar-refractivity contribution in [1.29, 1.82) is 0 Å². The number of hydrogen-bond acceptors (Lipinski definition) is 5. The number of likely N-dealkylation sites (tertiary alicyclic amines) is 1. The van der Waals surface area contributed by atoms with Crippen molar-refractivity contribution in [2.45, 2.75) is 38.6 Å². The SMILES string of the molecule is O=C(CCCC1CCN(CC(=O)NCc2ccc(-c3ccsc3)cc2)CC1)NO. The van der Waals surface area contributed by atoms with E-state index in [1.54, 1.807) is 16.8 Å². The Morgan fingerprint density at radius 1 is 1.07 bits per heavy atom. The van der Waals surface area contributed by atoms with Crippen LogP contribution in [0.5, 0.6) is 0 Å². The average Bonchev–Trinajstić information content (AvgIpc) is 3.29. The van der Waals surface area contributed by atoms with Crippen LogP contribution in [0, 0.1) is 5.92 Å². The van der Waals surface area contributed by atoms with E-state index in [0.29, 0.717) is 25.4 Å². The largest absolute Gasteiger partial charge is 0.351 e. The van der Waals surface area contributed by atoms with Gasteiger partial charge in [-0.25, -0.2) is 5.48 Å². The van der Waals surface area contributed by atoms with Crippen LogP contribution >= 0.6 is 11.3 Å². The Balaban J connectivity index is 1.32. The van der Waals surface area contributed by atoms with Gasteiger partial charge in [-0.2, -0.15) is 11.3 Å². The van der Waals surface area contributed by atoms with Gasteiger partial charge < -0.3 is 5.32 Å². The van der Waals surface area contributed by atoms with E-state index in [1.165, 1.54) is 11.1 Å². The molecular weight excluding hydrogens is 386 g/mol. The first-order chi connectivity index (χ1) is 14.1. The number of carbonyl (C=O) groups excluding carboxylic acids is 2. The van der Waals surface area contributed by atoms with Gasteiger partial charge in [0.15, 0.2) is 0 Å². The fraction of sp³-hybridized carbons (Fsp3) is 0.455. The quantitative estimate of drug-likeness (QED) is 0.433. The second-order valence-electron chi connectivity index (χ2n) is 7.63. The summed E-state index contributed by atoms with van der Waals surface area (Å²) in [5.41, 5.74) is 5.20. The number of hydroxylamine groups is 1. The van der Waals surface area contributed by atoms with Crippen molar-refractivity contribution in [3.05, 3.63) is 46.7 Å². The van der Waals surface area contributed by atoms with Gasteiger partial charge in [0.25, 0.3) is 0 Å². The fourth-order valence-electron chi connectivity index (χ4n) is 3.74. The van der Waals surface area contributed by atoms with Crippen LogP contribution in [0.4, 0.5) is 0 Å². The van der Waals surface area contributed by atoms with E-state index in [1.807, 2.05) is 0 Å². The number of nitrogens with zero attached hydrogens (tertiary/aromatic N) is 1. The number of thiophene rings is 1. The third-order valence-electron chi connectivity index (χ3n) is 5.51. The van der Waals surface area contributed by atoms with E-state index in [0.717, 1.165) is 44.3 Å². The summed E-state index contributed by atoms with van der Waals surface area (Å²) in [6.45, 7) is 2.82. The normalized spacial score (nSPS) is 15.2. The Labute approximate surface area is 175 Å². The molecule has 3 rings (SSSR count). The van der Waals surface area contributed by atoms with Crippen LogP contribution in [0.1, 0.15) is 37.7 Å². The molecule has 1 fully saturated rings. The number of amides is 2. The maximum absolute atomic E-state index is 12.3. The summed E-state index contributed by atoms with van der Waals surface area (Å²) >= 11 is 1.69. The van der Waals surface area contributed by atoms with Crippen molar-refractivity contribution < 1.29 is 14.8 Å². The second kappa shape index (κ2) is 11.1. The number of hydrogen-bond donors (Lipinski definition) is 3. The first-order valence-corrected chi connectivity index (χ1v) is 11.1. The van der Waals surface area contributed by atoms with Crippen molar-refractivity contribution >= 4 is 23.2 Å². The monoisotopic (exact) mass is 415 g/mol. The van der Waals surface area contributed by atoms with Crippen molar-refractivity contribution in [3.8, 4) is 11.1 Å². The van der Waals surface area contributed by atoms with Gasteiger partial charge in [-0.1, -0.05) is 24.3 Å². The lowest BCUT2D eigenvalue weighted by Gasteiger charge is -2.31. The molecule has 0 radical (unpaired) electrons. The summed E-state index contributed by atoms with van der Waals surface area (Å²) in [6, 6.07) is 10.4. The van der Waals surface area contributed by atoms with Gasteiger partial charge >= 0.3 is 0 Å². The number of nitrogens with one attached hydrogen (secondary N) is 2. The van der Waals surface area contributed by atoms with Gasteiger partial charge in [-0.05, 0) is 78.2 Å². The van der Waals surface area contributed by atoms with Crippen molar-refractivity contribution in [1.82, 2.24) is 15.7 Å². The lowest BCUT2D eigenvalue weighted by molar-refractivity contribution is -0.129. The van der Waals surface area contributed by atoms with Crippen LogP contribution in [0.25, 0.3) is 11.1 Å². The predicted octanol–water partition coefficient (Wildman–Crippen LogP) is 3.42. The molecule has 0 unspecified atom stereocenters. The summed E-state index contributed by atoms with van der Waals surface area (Å²) in [7, 11) is 0. The van der Waals surface area contributed by atoms with Gasteiger partial charge in [-0.15, -0.1) is 0 Å². The average molecular weight is 416 g/mol. The molecule has 1 saturated heterocycles. The van der Waals surface area contributed by atoms with Gasteiger partial charge in [0.2, 0.25) is 11.8 Å². The molecule has 156 valence electrons. The highest BCUT2D eigenvalue weighted by molar-refractivity contribution is 7.08. The fourth-order valence-corrected chi connectivity index (χ4v) is 4.41. The summed E-state index contributed by atoms with van der Waals surface area (Å²) < 4.78 is 0. The highest BCUT2D eigenvalue weighted by atomic mass is 32.1. The van der Waals surface area contributed by atoms with Crippen molar-refractivity contribution in [3.63, 3.8) is 0 Å². The molecule has 6 nitrogen and oxygen atoms in total. The molecule has 2 amide bonds. The van der Waals surface area contributed by atoms with E-state index in [9.17, 15) is 9.59 Å². The molecule has 3 N–H and O–H groups in total. The van der Waals surface area contributed by atoms with Crippen molar-refractivity contribution in [2.24, 2.45) is 5.92 Å². The van der Waals surface area contributed by atoms with E-state index in [2.05, 4.69) is 51.3 Å². The van der Waals surface area contributed by atoms with E-state index in [-0.39, 0.29) is 11.8 Å². The van der Waals surface area contributed by atoms with E-state index >= 15 is 0 Å². The zero-order valence-corrected chi connectivity index (χ0v) is 17.4. The summed E-state index contributed by atoms with van der Waals surface area (Å²) in [6.07, 6.45) is 4.26. The Morgan fingerprint density at radius 3 is 2.48 bits per heavy atom. The Hall–Kier alpha value is -2.22. The molecule has 1 aliphatic heterocycles. The van der Waals surface area contributed by atoms with E-state index in [4.69, 9.17) is 5.21 Å². The van der Waals surface area contributed by atoms with Gasteiger partial charge in [0.1, 0.15) is 0 Å². The summed E-state index contributed by atoms with van der Waals surface area (Å²) in [5.74, 6) is 0.340. The third-order valence-corrected chi connectivity index (χ3v) is 6.20. The van der Waals surface area contributed by atoms with Crippen LogP contribution in [0.2, 0.25) is 0 Å². The smallest absolute Gasteiger partial charge is 0.243 e. The minimum Gasteiger partial charge on any atom is -0.351 e. The minimum atomic E-state index is -0.319. The zero-order chi connectivity index (χ0) is 20.5. The Bertz CT molecular complexity index is 769. The topological polar surface area (TPSA) is 81.7 Å². The minimum absolute atomic E-state index is 0.0602. The second-order valence-corrected chi connectivity index (χ2v) is 8.41. The van der Waals surface area contributed by atoms with Crippen LogP contribution < -0.4 is 10.8 Å². The summed E-state index contributed by atoms with van der Waals surface area (Å²) in [4.78, 5) is 25.5. The van der Waals surface area contributed by atoms with Crippen LogP contribution in [-0.4, -0.2) is 41.6 Å². The molecule has 0 aliphatic carbocycles. The van der Waals surface area contributed by atoms with Crippen LogP contribution in [0.3, 0.4) is 0 Å². The molecule has 2 aromatic rings. The molecular formula is C22H29N3O3S. The Morgan fingerprint density at radius 2 is 1.83 bits per heavy atom. The zero-order valence-electron chi connectivity index (χ0n) is 16.6. The molecule has 7 heteroatoms. The molecule has 2 heterocycles. The third kappa shape index (κ3) is 6.96. The molecule has 1 aromatic carbocycles. The molecule has 1 aromatic heterocycles.